The third-order valence-electron chi connectivity index (χ3n) is 3.59. The minimum atomic E-state index is 0.348. The van der Waals surface area contributed by atoms with Crippen molar-refractivity contribution in [3.8, 4) is 0 Å². The minimum absolute atomic E-state index is 0.348. The van der Waals surface area contributed by atoms with Crippen LogP contribution in [0.3, 0.4) is 0 Å². The minimum Gasteiger partial charge on any atom is -0.316 e. The maximum absolute atomic E-state index is 3.59. The van der Waals surface area contributed by atoms with E-state index in [1.165, 1.54) is 12.8 Å². The van der Waals surface area contributed by atoms with Crippen molar-refractivity contribution in [1.29, 1.82) is 0 Å². The molecule has 0 radical (unpaired) electrons. The highest BCUT2D eigenvalue weighted by Crippen LogP contribution is 2.12. The van der Waals surface area contributed by atoms with E-state index in [1.807, 2.05) is 0 Å². The van der Waals surface area contributed by atoms with Crippen LogP contribution in [-0.2, 0) is 0 Å². The molecule has 0 aliphatic heterocycles. The Bertz CT molecular complexity index is 160. The second kappa shape index (κ2) is 8.93. The highest BCUT2D eigenvalue weighted by molar-refractivity contribution is 4.75. The Morgan fingerprint density at radius 2 is 1.18 bits per heavy atom. The summed E-state index contributed by atoms with van der Waals surface area (Å²) in [6.45, 7) is 18.3. The molecule has 17 heavy (non-hydrogen) atoms. The molecule has 0 amide bonds. The van der Waals surface area contributed by atoms with Crippen LogP contribution in [-0.4, -0.2) is 26.2 Å². The predicted molar refractivity (Wildman–Crippen MR) is 78.4 cm³/mol. The summed E-state index contributed by atoms with van der Waals surface area (Å²) in [5.74, 6) is 1.58. The molecule has 104 valence electrons. The molecule has 0 rings (SSSR count). The van der Waals surface area contributed by atoms with Gasteiger partial charge < -0.3 is 10.6 Å². The highest BCUT2D eigenvalue weighted by Gasteiger charge is 2.17. The Labute approximate surface area is 109 Å². The monoisotopic (exact) mass is 242 g/mol. The van der Waals surface area contributed by atoms with Crippen LogP contribution in [0.15, 0.2) is 0 Å². The molecular formula is C15H34N2. The van der Waals surface area contributed by atoms with E-state index in [4.69, 9.17) is 0 Å². The maximum atomic E-state index is 3.59. The third kappa shape index (κ3) is 9.61. The van der Waals surface area contributed by atoms with Crippen molar-refractivity contribution in [1.82, 2.24) is 10.6 Å². The molecule has 0 saturated heterocycles. The molecule has 0 aliphatic rings. The first-order valence-corrected chi connectivity index (χ1v) is 7.32. The van der Waals surface area contributed by atoms with Crippen LogP contribution in [0.5, 0.6) is 0 Å². The molecule has 0 aromatic rings. The zero-order chi connectivity index (χ0) is 13.3. The fourth-order valence-electron chi connectivity index (χ4n) is 1.67. The van der Waals surface area contributed by atoms with Gasteiger partial charge in [0.2, 0.25) is 0 Å². The average molecular weight is 242 g/mol. The van der Waals surface area contributed by atoms with E-state index < -0.39 is 0 Å². The number of nitrogens with one attached hydrogen (secondary N) is 2. The second-order valence-electron chi connectivity index (χ2n) is 6.45. The van der Waals surface area contributed by atoms with Crippen molar-refractivity contribution in [2.75, 3.05) is 26.2 Å². The van der Waals surface area contributed by atoms with Gasteiger partial charge >= 0.3 is 0 Å². The molecular weight excluding hydrogens is 208 g/mol. The molecule has 0 heterocycles. The first-order chi connectivity index (χ1) is 7.91. The SMILES string of the molecule is CCC(C)CNCC(C)(C)CNCC(C)CC. The van der Waals surface area contributed by atoms with Crippen LogP contribution >= 0.6 is 0 Å². The molecule has 0 aliphatic carbocycles. The van der Waals surface area contributed by atoms with Crippen molar-refractivity contribution < 1.29 is 0 Å². The quantitative estimate of drug-likeness (QED) is 0.614. The molecule has 2 nitrogen and oxygen atoms in total. The first-order valence-electron chi connectivity index (χ1n) is 7.32. The number of hydrogen-bond acceptors (Lipinski definition) is 2. The Balaban J connectivity index is 3.65. The molecule has 0 spiro atoms. The van der Waals surface area contributed by atoms with E-state index >= 15 is 0 Å². The fourth-order valence-corrected chi connectivity index (χ4v) is 1.67. The summed E-state index contributed by atoms with van der Waals surface area (Å²) in [5.41, 5.74) is 0.348. The molecule has 2 heteroatoms. The molecule has 0 saturated carbocycles. The molecule has 0 fully saturated rings. The molecule has 0 aromatic heterocycles. The van der Waals surface area contributed by atoms with Crippen molar-refractivity contribution in [2.45, 2.75) is 54.4 Å². The molecule has 0 aromatic carbocycles. The van der Waals surface area contributed by atoms with Crippen LogP contribution in [0.1, 0.15) is 54.4 Å². The van der Waals surface area contributed by atoms with Gasteiger partial charge in [0.15, 0.2) is 0 Å². The van der Waals surface area contributed by atoms with Crippen molar-refractivity contribution >= 4 is 0 Å². The lowest BCUT2D eigenvalue weighted by Gasteiger charge is -2.27. The summed E-state index contributed by atoms with van der Waals surface area (Å²) >= 11 is 0. The lowest BCUT2D eigenvalue weighted by atomic mass is 9.92. The summed E-state index contributed by atoms with van der Waals surface area (Å²) in [4.78, 5) is 0. The smallest absolute Gasteiger partial charge is 0.00148 e. The van der Waals surface area contributed by atoms with Gasteiger partial charge in [0, 0.05) is 13.1 Å². The fraction of sp³-hybridized carbons (Fsp3) is 1.00. The van der Waals surface area contributed by atoms with Gasteiger partial charge in [-0.2, -0.15) is 0 Å². The third-order valence-corrected chi connectivity index (χ3v) is 3.59. The average Bonchev–Trinajstić information content (AvgIpc) is 2.27. The maximum Gasteiger partial charge on any atom is 0.00148 e. The predicted octanol–water partition coefficient (Wildman–Crippen LogP) is 3.28. The van der Waals surface area contributed by atoms with Crippen LogP contribution < -0.4 is 10.6 Å². The van der Waals surface area contributed by atoms with Crippen molar-refractivity contribution in [3.63, 3.8) is 0 Å². The van der Waals surface area contributed by atoms with E-state index in [0.29, 0.717) is 5.41 Å². The van der Waals surface area contributed by atoms with Gasteiger partial charge in [0.05, 0.1) is 0 Å². The summed E-state index contributed by atoms with van der Waals surface area (Å²) in [6.07, 6.45) is 2.53. The zero-order valence-corrected chi connectivity index (χ0v) is 12.9. The van der Waals surface area contributed by atoms with E-state index in [2.05, 4.69) is 52.2 Å². The normalized spacial score (nSPS) is 15.9. The lowest BCUT2D eigenvalue weighted by Crippen LogP contribution is -2.40. The standard InChI is InChI=1S/C15H34N2/c1-7-13(3)9-16-11-15(5,6)12-17-10-14(4)8-2/h13-14,16-17H,7-12H2,1-6H3. The second-order valence-corrected chi connectivity index (χ2v) is 6.45. The van der Waals surface area contributed by atoms with E-state index in [9.17, 15) is 0 Å². The highest BCUT2D eigenvalue weighted by atomic mass is 14.9. The summed E-state index contributed by atoms with van der Waals surface area (Å²) in [6, 6.07) is 0. The van der Waals surface area contributed by atoms with Crippen LogP contribution in [0.4, 0.5) is 0 Å². The first kappa shape index (κ1) is 16.9. The van der Waals surface area contributed by atoms with Gasteiger partial charge in [-0.3, -0.25) is 0 Å². The Kier molecular flexibility index (Phi) is 8.89. The Hall–Kier alpha value is -0.0800. The van der Waals surface area contributed by atoms with Crippen molar-refractivity contribution in [2.24, 2.45) is 17.3 Å². The zero-order valence-electron chi connectivity index (χ0n) is 12.9. The van der Waals surface area contributed by atoms with E-state index in [1.54, 1.807) is 0 Å². The van der Waals surface area contributed by atoms with Gasteiger partial charge in [0.25, 0.3) is 0 Å². The summed E-state index contributed by atoms with van der Waals surface area (Å²) < 4.78 is 0. The molecule has 2 atom stereocenters. The topological polar surface area (TPSA) is 24.1 Å². The van der Waals surface area contributed by atoms with Crippen molar-refractivity contribution in [3.05, 3.63) is 0 Å². The molecule has 0 bridgehead atoms. The lowest BCUT2D eigenvalue weighted by molar-refractivity contribution is 0.303. The van der Waals surface area contributed by atoms with E-state index in [-0.39, 0.29) is 0 Å². The van der Waals surface area contributed by atoms with Gasteiger partial charge in [-0.15, -0.1) is 0 Å². The number of rotatable bonds is 10. The van der Waals surface area contributed by atoms with Crippen LogP contribution in [0.2, 0.25) is 0 Å². The number of hydrogen-bond donors (Lipinski definition) is 2. The summed E-state index contributed by atoms with van der Waals surface area (Å²) in [5, 5.41) is 7.18. The van der Waals surface area contributed by atoms with E-state index in [0.717, 1.165) is 38.0 Å². The largest absolute Gasteiger partial charge is 0.316 e. The molecule has 2 unspecified atom stereocenters. The Morgan fingerprint density at radius 1 is 0.824 bits per heavy atom. The van der Waals surface area contributed by atoms with Gasteiger partial charge in [-0.25, -0.2) is 0 Å². The molecule has 2 N–H and O–H groups in total. The van der Waals surface area contributed by atoms with Crippen LogP contribution in [0.25, 0.3) is 0 Å². The van der Waals surface area contributed by atoms with Gasteiger partial charge in [-0.05, 0) is 30.3 Å². The Morgan fingerprint density at radius 3 is 1.47 bits per heavy atom. The summed E-state index contributed by atoms with van der Waals surface area (Å²) in [7, 11) is 0. The van der Waals surface area contributed by atoms with Gasteiger partial charge in [0.1, 0.15) is 0 Å². The van der Waals surface area contributed by atoms with Gasteiger partial charge in [-0.1, -0.05) is 54.4 Å². The van der Waals surface area contributed by atoms with Crippen LogP contribution in [0, 0.1) is 17.3 Å².